The van der Waals surface area contributed by atoms with E-state index in [1.807, 2.05) is 0 Å². The van der Waals surface area contributed by atoms with Crippen LogP contribution >= 0.6 is 29.3 Å². The Morgan fingerprint density at radius 2 is 1.87 bits per heavy atom. The van der Waals surface area contributed by atoms with Crippen LogP contribution in [0, 0.1) is 11.8 Å². The van der Waals surface area contributed by atoms with Crippen LogP contribution in [0.3, 0.4) is 0 Å². The standard InChI is InChI=1S/C10H23OPS2.ClH/c1-5-6-10(4)8-14-12(11,13)7-9(2)3;/h9-10H,5-8H2,1-4H3,(H,11,13);1H. The van der Waals surface area contributed by atoms with Gasteiger partial charge < -0.3 is 4.89 Å². The summed E-state index contributed by atoms with van der Waals surface area (Å²) in [6, 6.07) is 0. The molecule has 0 bridgehead atoms. The molecule has 94 valence electrons. The summed E-state index contributed by atoms with van der Waals surface area (Å²) in [4.78, 5) is 9.99. The van der Waals surface area contributed by atoms with Gasteiger partial charge in [-0.15, -0.1) is 12.4 Å². The van der Waals surface area contributed by atoms with E-state index in [0.717, 1.165) is 11.9 Å². The molecule has 0 aliphatic rings. The van der Waals surface area contributed by atoms with Crippen molar-refractivity contribution >= 4 is 41.1 Å². The van der Waals surface area contributed by atoms with Crippen molar-refractivity contribution in [3.8, 4) is 0 Å². The van der Waals surface area contributed by atoms with E-state index in [1.54, 1.807) is 11.4 Å². The van der Waals surface area contributed by atoms with E-state index in [-0.39, 0.29) is 12.4 Å². The van der Waals surface area contributed by atoms with Crippen LogP contribution in [0.4, 0.5) is 0 Å². The summed E-state index contributed by atoms with van der Waals surface area (Å²) in [5.41, 5.74) is -2.08. The van der Waals surface area contributed by atoms with Crippen molar-refractivity contribution in [3.05, 3.63) is 0 Å². The second-order valence-corrected chi connectivity index (χ2v) is 11.7. The van der Waals surface area contributed by atoms with Crippen molar-refractivity contribution in [2.75, 3.05) is 11.9 Å². The van der Waals surface area contributed by atoms with Crippen LogP contribution in [0.15, 0.2) is 0 Å². The molecule has 0 saturated carbocycles. The summed E-state index contributed by atoms with van der Waals surface area (Å²) < 4.78 is 0. The largest absolute Gasteiger partial charge is 0.357 e. The SMILES string of the molecule is CCCC(C)CSP(O)(=S)CC(C)C.Cl. The molecular formula is C10H24ClOPS2. The smallest absolute Gasteiger partial charge is 0.117 e. The Morgan fingerprint density at radius 3 is 2.27 bits per heavy atom. The lowest BCUT2D eigenvalue weighted by Gasteiger charge is -2.18. The number of hydrogen-bond donors (Lipinski definition) is 1. The Kier molecular flexibility index (Phi) is 11.5. The molecule has 0 aliphatic heterocycles. The maximum absolute atomic E-state index is 9.99. The molecule has 15 heavy (non-hydrogen) atoms. The minimum absolute atomic E-state index is 0. The van der Waals surface area contributed by atoms with Crippen LogP contribution in [0.25, 0.3) is 0 Å². The summed E-state index contributed by atoms with van der Waals surface area (Å²) in [6.07, 6.45) is 3.27. The maximum Gasteiger partial charge on any atom is 0.117 e. The second-order valence-electron chi connectivity index (χ2n) is 4.40. The van der Waals surface area contributed by atoms with Gasteiger partial charge in [0.1, 0.15) is 5.47 Å². The minimum Gasteiger partial charge on any atom is -0.357 e. The first kappa shape index (κ1) is 18.6. The van der Waals surface area contributed by atoms with Crippen molar-refractivity contribution in [2.24, 2.45) is 11.8 Å². The number of halogens is 1. The molecule has 0 spiro atoms. The molecule has 2 unspecified atom stereocenters. The van der Waals surface area contributed by atoms with Crippen LogP contribution in [0.2, 0.25) is 0 Å². The van der Waals surface area contributed by atoms with Gasteiger partial charge in [0.15, 0.2) is 0 Å². The Balaban J connectivity index is 0. The lowest BCUT2D eigenvalue weighted by Crippen LogP contribution is -2.00. The van der Waals surface area contributed by atoms with Crippen molar-refractivity contribution in [3.63, 3.8) is 0 Å². The summed E-state index contributed by atoms with van der Waals surface area (Å²) in [6.45, 7) is 8.67. The molecule has 0 saturated heterocycles. The summed E-state index contributed by atoms with van der Waals surface area (Å²) in [5, 5.41) is 0. The Labute approximate surface area is 110 Å². The lowest BCUT2D eigenvalue weighted by atomic mass is 10.1. The van der Waals surface area contributed by atoms with Crippen molar-refractivity contribution in [2.45, 2.75) is 40.5 Å². The average Bonchev–Trinajstić information content (AvgIpc) is 1.99. The van der Waals surface area contributed by atoms with Crippen molar-refractivity contribution in [1.29, 1.82) is 0 Å². The van der Waals surface area contributed by atoms with Crippen LogP contribution < -0.4 is 0 Å². The molecule has 0 heterocycles. The normalized spacial score (nSPS) is 16.9. The van der Waals surface area contributed by atoms with E-state index in [4.69, 9.17) is 11.8 Å². The zero-order valence-corrected chi connectivity index (χ0v) is 13.4. The van der Waals surface area contributed by atoms with E-state index in [9.17, 15) is 4.89 Å². The van der Waals surface area contributed by atoms with E-state index < -0.39 is 5.47 Å². The van der Waals surface area contributed by atoms with E-state index >= 15 is 0 Å². The van der Waals surface area contributed by atoms with Gasteiger partial charge >= 0.3 is 0 Å². The predicted molar refractivity (Wildman–Crippen MR) is 80.0 cm³/mol. The topological polar surface area (TPSA) is 20.2 Å². The Bertz CT molecular complexity index is 200. The fourth-order valence-electron chi connectivity index (χ4n) is 1.33. The molecule has 0 fully saturated rings. The molecule has 1 nitrogen and oxygen atoms in total. The van der Waals surface area contributed by atoms with Gasteiger partial charge in [-0.1, -0.05) is 63.7 Å². The minimum atomic E-state index is -2.08. The molecule has 0 aromatic carbocycles. The van der Waals surface area contributed by atoms with Gasteiger partial charge in [-0.2, -0.15) is 0 Å². The summed E-state index contributed by atoms with van der Waals surface area (Å²) in [5.74, 6) is 2.22. The molecule has 0 aromatic heterocycles. The van der Waals surface area contributed by atoms with Gasteiger partial charge in [-0.25, -0.2) is 0 Å². The zero-order valence-electron chi connectivity index (χ0n) is 10.1. The Hall–Kier alpha value is 1.25. The van der Waals surface area contributed by atoms with Crippen LogP contribution in [0.1, 0.15) is 40.5 Å². The molecule has 0 aromatic rings. The third-order valence-corrected chi connectivity index (χ3v) is 7.75. The number of rotatable bonds is 7. The quantitative estimate of drug-likeness (QED) is 0.695. The van der Waals surface area contributed by atoms with Crippen molar-refractivity contribution < 1.29 is 4.89 Å². The molecule has 1 N–H and O–H groups in total. The first-order valence-corrected chi connectivity index (χ1v) is 9.86. The van der Waals surface area contributed by atoms with Gasteiger partial charge in [0.25, 0.3) is 0 Å². The Morgan fingerprint density at radius 1 is 1.33 bits per heavy atom. The zero-order chi connectivity index (χ0) is 11.2. The highest BCUT2D eigenvalue weighted by molar-refractivity contribution is 8.69. The fourth-order valence-corrected chi connectivity index (χ4v) is 7.13. The van der Waals surface area contributed by atoms with Gasteiger partial charge in [0, 0.05) is 11.9 Å². The highest BCUT2D eigenvalue weighted by Gasteiger charge is 2.16. The molecule has 0 radical (unpaired) electrons. The molecular weight excluding hydrogens is 267 g/mol. The van der Waals surface area contributed by atoms with Gasteiger partial charge in [-0.3, -0.25) is 0 Å². The van der Waals surface area contributed by atoms with Gasteiger partial charge in [0.05, 0.1) is 0 Å². The van der Waals surface area contributed by atoms with Crippen LogP contribution in [0.5, 0.6) is 0 Å². The first-order valence-electron chi connectivity index (χ1n) is 5.33. The van der Waals surface area contributed by atoms with E-state index in [0.29, 0.717) is 11.8 Å². The molecule has 0 rings (SSSR count). The van der Waals surface area contributed by atoms with Crippen LogP contribution in [-0.4, -0.2) is 16.8 Å². The molecule has 0 aliphatic carbocycles. The highest BCUT2D eigenvalue weighted by Crippen LogP contribution is 2.56. The monoisotopic (exact) mass is 290 g/mol. The predicted octanol–water partition coefficient (Wildman–Crippen LogP) is 4.54. The highest BCUT2D eigenvalue weighted by atomic mass is 35.5. The van der Waals surface area contributed by atoms with Crippen molar-refractivity contribution in [1.82, 2.24) is 0 Å². The molecule has 5 heteroatoms. The van der Waals surface area contributed by atoms with E-state index in [2.05, 4.69) is 27.7 Å². The molecule has 2 atom stereocenters. The third-order valence-electron chi connectivity index (χ3n) is 1.94. The average molecular weight is 291 g/mol. The summed E-state index contributed by atoms with van der Waals surface area (Å²) in [7, 11) is 0. The van der Waals surface area contributed by atoms with E-state index in [1.165, 1.54) is 12.8 Å². The number of hydrogen-bond acceptors (Lipinski definition) is 2. The van der Waals surface area contributed by atoms with Gasteiger partial charge in [0.2, 0.25) is 0 Å². The first-order chi connectivity index (χ1) is 6.37. The van der Waals surface area contributed by atoms with Crippen LogP contribution in [-0.2, 0) is 11.8 Å². The maximum atomic E-state index is 9.99. The second kappa shape index (κ2) is 9.30. The summed E-state index contributed by atoms with van der Waals surface area (Å²) >= 11 is 6.89. The third kappa shape index (κ3) is 11.5. The van der Waals surface area contributed by atoms with Gasteiger partial charge in [-0.05, 0) is 11.8 Å². The molecule has 0 amide bonds. The fraction of sp³-hybridized carbons (Fsp3) is 1.00. The lowest BCUT2D eigenvalue weighted by molar-refractivity contribution is 0.584.